The summed E-state index contributed by atoms with van der Waals surface area (Å²) in [5.41, 5.74) is 10.5. The van der Waals surface area contributed by atoms with Crippen molar-refractivity contribution < 1.29 is 0 Å². The molecule has 0 aliphatic carbocycles. The number of nitrogens with zero attached hydrogens (tertiary/aromatic N) is 1. The molecule has 1 nitrogen and oxygen atoms in total. The molecule has 1 aromatic heterocycles. The number of benzene rings is 8. The van der Waals surface area contributed by atoms with Gasteiger partial charge in [0.25, 0.3) is 0 Å². The Balaban J connectivity index is 1.39. The molecule has 0 saturated carbocycles. The van der Waals surface area contributed by atoms with E-state index in [0.29, 0.717) is 0 Å². The normalized spacial score (nSPS) is 11.3. The van der Waals surface area contributed by atoms with Gasteiger partial charge in [0.05, 0.1) is 11.4 Å². The number of hydrogen-bond acceptors (Lipinski definition) is 2. The second kappa shape index (κ2) is 12.0. The maximum Gasteiger partial charge on any atom is 0.0546 e. The molecule has 0 atom stereocenters. The molecular weight excluding hydrogens is 599 g/mol. The molecule has 0 bridgehead atoms. The van der Waals surface area contributed by atoms with E-state index in [0.717, 1.165) is 17.1 Å². The topological polar surface area (TPSA) is 3.24 Å². The van der Waals surface area contributed by atoms with Gasteiger partial charge < -0.3 is 4.90 Å². The molecule has 9 aromatic rings. The molecular formula is C46H31NS. The van der Waals surface area contributed by atoms with E-state index in [9.17, 15) is 0 Å². The lowest BCUT2D eigenvalue weighted by atomic mass is 9.94. The number of fused-ring (bicyclic) bond motifs is 4. The summed E-state index contributed by atoms with van der Waals surface area (Å²) in [7, 11) is 0. The zero-order valence-corrected chi connectivity index (χ0v) is 27.1. The minimum absolute atomic E-state index is 1.13. The van der Waals surface area contributed by atoms with Crippen LogP contribution >= 0.6 is 11.3 Å². The molecule has 9 rings (SSSR count). The van der Waals surface area contributed by atoms with Crippen LogP contribution in [0.5, 0.6) is 0 Å². The van der Waals surface area contributed by atoms with Crippen LogP contribution in [0, 0.1) is 0 Å². The van der Waals surface area contributed by atoms with E-state index < -0.39 is 0 Å². The molecule has 0 saturated heterocycles. The van der Waals surface area contributed by atoms with Gasteiger partial charge >= 0.3 is 0 Å². The molecule has 0 radical (unpaired) electrons. The highest BCUT2D eigenvalue weighted by Gasteiger charge is 2.23. The lowest BCUT2D eigenvalue weighted by molar-refractivity contribution is 1.29. The van der Waals surface area contributed by atoms with E-state index in [1.165, 1.54) is 64.3 Å². The van der Waals surface area contributed by atoms with E-state index in [1.54, 1.807) is 0 Å². The molecule has 8 aromatic carbocycles. The van der Waals surface area contributed by atoms with Crippen LogP contribution in [0.25, 0.3) is 64.3 Å². The number of anilines is 3. The van der Waals surface area contributed by atoms with Gasteiger partial charge in [0.2, 0.25) is 0 Å². The Morgan fingerprint density at radius 2 is 0.896 bits per heavy atom. The molecule has 226 valence electrons. The van der Waals surface area contributed by atoms with Crippen molar-refractivity contribution in [1.29, 1.82) is 0 Å². The van der Waals surface area contributed by atoms with Gasteiger partial charge in [0.15, 0.2) is 0 Å². The van der Waals surface area contributed by atoms with Crippen LogP contribution < -0.4 is 4.90 Å². The Morgan fingerprint density at radius 3 is 1.62 bits per heavy atom. The monoisotopic (exact) mass is 629 g/mol. The lowest BCUT2D eigenvalue weighted by Crippen LogP contribution is -2.13. The summed E-state index contributed by atoms with van der Waals surface area (Å²) in [6.07, 6.45) is 0. The largest absolute Gasteiger partial charge is 0.309 e. The Morgan fingerprint density at radius 1 is 0.333 bits per heavy atom. The van der Waals surface area contributed by atoms with Gasteiger partial charge in [0.1, 0.15) is 0 Å². The number of rotatable bonds is 6. The summed E-state index contributed by atoms with van der Waals surface area (Å²) < 4.78 is 2.59. The summed E-state index contributed by atoms with van der Waals surface area (Å²) in [6.45, 7) is 0. The van der Waals surface area contributed by atoms with Crippen molar-refractivity contribution in [2.75, 3.05) is 4.90 Å². The maximum absolute atomic E-state index is 2.49. The minimum Gasteiger partial charge on any atom is -0.309 e. The SMILES string of the molecule is c1ccc(-c2ccc(-c3ccccc3)c(N(c3ccc4c(c3)sc3ccccc34)c3cc4ccccc4cc3-c3ccccc3)c2)cc1. The van der Waals surface area contributed by atoms with Crippen LogP contribution in [0.3, 0.4) is 0 Å². The van der Waals surface area contributed by atoms with Crippen LogP contribution in [-0.2, 0) is 0 Å². The average Bonchev–Trinajstić information content (AvgIpc) is 3.54. The highest BCUT2D eigenvalue weighted by atomic mass is 32.1. The van der Waals surface area contributed by atoms with Gasteiger partial charge in [-0.05, 0) is 69.4 Å². The predicted molar refractivity (Wildman–Crippen MR) is 208 cm³/mol. The van der Waals surface area contributed by atoms with E-state index in [2.05, 4.69) is 193 Å². The van der Waals surface area contributed by atoms with Crippen LogP contribution in [0.1, 0.15) is 0 Å². The highest BCUT2D eigenvalue weighted by Crippen LogP contribution is 2.48. The summed E-state index contributed by atoms with van der Waals surface area (Å²) in [6, 6.07) is 68.3. The van der Waals surface area contributed by atoms with Gasteiger partial charge in [-0.15, -0.1) is 11.3 Å². The molecule has 0 aliphatic heterocycles. The second-order valence-electron chi connectivity index (χ2n) is 12.2. The third kappa shape index (κ3) is 5.04. The van der Waals surface area contributed by atoms with E-state index in [4.69, 9.17) is 0 Å². The molecule has 0 fully saturated rings. The standard InChI is InChI=1S/C46H31NS/c1-4-14-32(15-5-1)37-24-26-39(33-16-6-2-7-17-33)43(30-37)47(38-25-27-41-40-22-12-13-23-45(40)48-46(41)31-38)44-29-36-21-11-10-20-35(36)28-42(44)34-18-8-3-9-19-34/h1-31H. The molecule has 1 heterocycles. The smallest absolute Gasteiger partial charge is 0.0546 e. The fourth-order valence-electron chi connectivity index (χ4n) is 6.91. The second-order valence-corrected chi connectivity index (χ2v) is 13.2. The predicted octanol–water partition coefficient (Wildman–Crippen LogP) is 13.7. The van der Waals surface area contributed by atoms with E-state index >= 15 is 0 Å². The molecule has 0 spiro atoms. The number of hydrogen-bond donors (Lipinski definition) is 0. The summed E-state index contributed by atoms with van der Waals surface area (Å²) in [4.78, 5) is 2.49. The quantitative estimate of drug-likeness (QED) is 0.177. The zero-order valence-electron chi connectivity index (χ0n) is 26.3. The Kier molecular flexibility index (Phi) is 7.07. The molecule has 0 amide bonds. The lowest BCUT2D eigenvalue weighted by Gasteiger charge is -2.31. The fraction of sp³-hybridized carbons (Fsp3) is 0. The third-order valence-corrected chi connectivity index (χ3v) is 10.4. The molecule has 0 N–H and O–H groups in total. The summed E-state index contributed by atoms with van der Waals surface area (Å²) >= 11 is 1.86. The Bertz CT molecular complexity index is 2550. The molecule has 2 heteroatoms. The van der Waals surface area contributed by atoms with Gasteiger partial charge in [-0.3, -0.25) is 0 Å². The third-order valence-electron chi connectivity index (χ3n) is 9.24. The van der Waals surface area contributed by atoms with Gasteiger partial charge in [-0.2, -0.15) is 0 Å². The van der Waals surface area contributed by atoms with Crippen LogP contribution in [0.15, 0.2) is 188 Å². The first-order chi connectivity index (χ1) is 23.8. The molecule has 48 heavy (non-hydrogen) atoms. The first kappa shape index (κ1) is 28.3. The van der Waals surface area contributed by atoms with Crippen LogP contribution in [-0.4, -0.2) is 0 Å². The highest BCUT2D eigenvalue weighted by molar-refractivity contribution is 7.25. The van der Waals surface area contributed by atoms with Crippen molar-refractivity contribution >= 4 is 59.3 Å². The molecule has 0 unspecified atom stereocenters. The summed E-state index contributed by atoms with van der Waals surface area (Å²) in [5.74, 6) is 0. The van der Waals surface area contributed by atoms with E-state index in [-0.39, 0.29) is 0 Å². The zero-order chi connectivity index (χ0) is 31.9. The van der Waals surface area contributed by atoms with Crippen molar-refractivity contribution in [1.82, 2.24) is 0 Å². The van der Waals surface area contributed by atoms with Crippen molar-refractivity contribution in [3.05, 3.63) is 188 Å². The summed E-state index contributed by atoms with van der Waals surface area (Å²) in [5, 5.41) is 5.03. The van der Waals surface area contributed by atoms with Crippen LogP contribution in [0.2, 0.25) is 0 Å². The van der Waals surface area contributed by atoms with Gasteiger partial charge in [-0.1, -0.05) is 152 Å². The van der Waals surface area contributed by atoms with Gasteiger partial charge in [0, 0.05) is 37.0 Å². The maximum atomic E-state index is 2.49. The van der Waals surface area contributed by atoms with Crippen molar-refractivity contribution in [3.63, 3.8) is 0 Å². The van der Waals surface area contributed by atoms with Crippen molar-refractivity contribution in [3.8, 4) is 33.4 Å². The van der Waals surface area contributed by atoms with Crippen molar-refractivity contribution in [2.45, 2.75) is 0 Å². The Labute approximate surface area is 284 Å². The average molecular weight is 630 g/mol. The first-order valence-corrected chi connectivity index (χ1v) is 17.2. The van der Waals surface area contributed by atoms with Gasteiger partial charge in [-0.25, -0.2) is 0 Å². The van der Waals surface area contributed by atoms with Crippen molar-refractivity contribution in [2.24, 2.45) is 0 Å². The first-order valence-electron chi connectivity index (χ1n) is 16.3. The molecule has 0 aliphatic rings. The Hall–Kier alpha value is -5.96. The van der Waals surface area contributed by atoms with Crippen LogP contribution in [0.4, 0.5) is 17.1 Å². The minimum atomic E-state index is 1.13. The number of thiophene rings is 1. The fourth-order valence-corrected chi connectivity index (χ4v) is 8.05. The van der Waals surface area contributed by atoms with E-state index in [1.807, 2.05) is 11.3 Å².